The quantitative estimate of drug-likeness (QED) is 0.505. The average molecular weight is 267 g/mol. The molecular formula is C15H25NOS. The Kier molecular flexibility index (Phi) is 8.96. The first-order chi connectivity index (χ1) is 8.83. The number of Topliss-reactive ketones (excluding diaryl/α,β-unsaturated/α-hetero) is 1. The minimum Gasteiger partial charge on any atom is -0.298 e. The van der Waals surface area contributed by atoms with Crippen LogP contribution in [-0.4, -0.2) is 23.2 Å². The molecule has 0 bridgehead atoms. The predicted molar refractivity (Wildman–Crippen MR) is 80.4 cm³/mol. The summed E-state index contributed by atoms with van der Waals surface area (Å²) in [5, 5.41) is 2.06. The number of carbonyl (C=O) groups excluding carboxylic acids is 1. The molecule has 0 fully saturated rings. The first kappa shape index (κ1) is 15.5. The molecule has 1 aliphatic rings. The Morgan fingerprint density at radius 2 is 1.94 bits per heavy atom. The largest absolute Gasteiger partial charge is 0.298 e. The molecule has 102 valence electrons. The van der Waals surface area contributed by atoms with Crippen molar-refractivity contribution in [2.75, 3.05) is 13.1 Å². The molecule has 0 aliphatic carbocycles. The molecule has 0 aromatic rings. The van der Waals surface area contributed by atoms with Crippen molar-refractivity contribution >= 4 is 17.7 Å². The summed E-state index contributed by atoms with van der Waals surface area (Å²) >= 11 is 1.66. The number of rotatable bonds is 7. The Bertz CT molecular complexity index is 286. The highest BCUT2D eigenvalue weighted by molar-refractivity contribution is 7.99. The summed E-state index contributed by atoms with van der Waals surface area (Å²) in [6.07, 6.45) is 14.3. The molecule has 0 amide bonds. The molecule has 0 aromatic heterocycles. The van der Waals surface area contributed by atoms with E-state index in [-0.39, 0.29) is 0 Å². The Balaban J connectivity index is 2.16. The second-order valence-electron chi connectivity index (χ2n) is 4.74. The summed E-state index contributed by atoms with van der Waals surface area (Å²) in [4.78, 5) is 11.6. The highest BCUT2D eigenvalue weighted by Gasteiger charge is 2.09. The lowest BCUT2D eigenvalue weighted by Crippen LogP contribution is -2.23. The molecule has 18 heavy (non-hydrogen) atoms. The van der Waals surface area contributed by atoms with Gasteiger partial charge in [0.2, 0.25) is 0 Å². The topological polar surface area (TPSA) is 20.3 Å². The number of ketones is 1. The highest BCUT2D eigenvalue weighted by Crippen LogP contribution is 2.15. The lowest BCUT2D eigenvalue weighted by molar-refractivity contribution is -0.118. The number of unbranched alkanes of at least 4 members (excludes halogenated alkanes) is 5. The normalized spacial score (nSPS) is 17.5. The molecule has 0 N–H and O–H groups in total. The van der Waals surface area contributed by atoms with Gasteiger partial charge < -0.3 is 0 Å². The number of nitrogens with zero attached hydrogens (tertiary/aromatic N) is 1. The van der Waals surface area contributed by atoms with Gasteiger partial charge in [-0.25, -0.2) is 4.31 Å². The van der Waals surface area contributed by atoms with Crippen LogP contribution in [0.3, 0.4) is 0 Å². The van der Waals surface area contributed by atoms with E-state index in [4.69, 9.17) is 0 Å². The van der Waals surface area contributed by atoms with Crippen molar-refractivity contribution in [2.45, 2.75) is 51.9 Å². The van der Waals surface area contributed by atoms with Crippen molar-refractivity contribution < 1.29 is 4.79 Å². The van der Waals surface area contributed by atoms with Crippen LogP contribution in [0.2, 0.25) is 0 Å². The van der Waals surface area contributed by atoms with Gasteiger partial charge in [0.1, 0.15) is 0 Å². The number of hydrogen-bond donors (Lipinski definition) is 0. The van der Waals surface area contributed by atoms with Gasteiger partial charge in [0.15, 0.2) is 5.78 Å². The van der Waals surface area contributed by atoms with Gasteiger partial charge in [-0.2, -0.15) is 0 Å². The third-order valence-corrected chi connectivity index (χ3v) is 3.88. The summed E-state index contributed by atoms with van der Waals surface area (Å²) in [5.41, 5.74) is 0. The maximum atomic E-state index is 11.6. The van der Waals surface area contributed by atoms with E-state index in [0.29, 0.717) is 18.7 Å². The predicted octanol–water partition coefficient (Wildman–Crippen LogP) is 4.34. The minimum absolute atomic E-state index is 0.313. The lowest BCUT2D eigenvalue weighted by atomic mass is 10.1. The third-order valence-electron chi connectivity index (χ3n) is 2.99. The van der Waals surface area contributed by atoms with Gasteiger partial charge in [-0.1, -0.05) is 57.3 Å². The molecule has 0 radical (unpaired) electrons. The van der Waals surface area contributed by atoms with Crippen LogP contribution in [0.5, 0.6) is 0 Å². The molecule has 0 saturated heterocycles. The highest BCUT2D eigenvalue weighted by atomic mass is 32.2. The van der Waals surface area contributed by atoms with Crippen LogP contribution >= 0.6 is 11.9 Å². The maximum Gasteiger partial charge on any atom is 0.151 e. The Morgan fingerprint density at radius 3 is 2.78 bits per heavy atom. The molecule has 0 aromatic carbocycles. The average Bonchev–Trinajstić information content (AvgIpc) is 2.46. The molecule has 0 spiro atoms. The van der Waals surface area contributed by atoms with Gasteiger partial charge in [-0.3, -0.25) is 4.79 Å². The van der Waals surface area contributed by atoms with Crippen molar-refractivity contribution in [2.24, 2.45) is 0 Å². The fraction of sp³-hybridized carbons (Fsp3) is 0.667. The minimum atomic E-state index is 0.313. The Labute approximate surface area is 116 Å². The van der Waals surface area contributed by atoms with Crippen LogP contribution < -0.4 is 0 Å². The van der Waals surface area contributed by atoms with E-state index in [0.717, 1.165) is 6.54 Å². The van der Waals surface area contributed by atoms with Crippen LogP contribution in [0.25, 0.3) is 0 Å². The SMILES string of the molecule is CCCCCCCCN1CC(=O)CC=CC=CS1. The summed E-state index contributed by atoms with van der Waals surface area (Å²) in [5.74, 6) is 0.313. The molecule has 0 saturated carbocycles. The second kappa shape index (κ2) is 10.4. The van der Waals surface area contributed by atoms with E-state index < -0.39 is 0 Å². The van der Waals surface area contributed by atoms with Crippen LogP contribution in [0, 0.1) is 0 Å². The summed E-state index contributed by atoms with van der Waals surface area (Å²) < 4.78 is 2.19. The molecule has 1 heterocycles. The summed E-state index contributed by atoms with van der Waals surface area (Å²) in [7, 11) is 0. The first-order valence-corrected chi connectivity index (χ1v) is 7.91. The third kappa shape index (κ3) is 7.72. The van der Waals surface area contributed by atoms with E-state index >= 15 is 0 Å². The van der Waals surface area contributed by atoms with Crippen molar-refractivity contribution in [3.05, 3.63) is 23.6 Å². The zero-order valence-corrected chi connectivity index (χ0v) is 12.3. The van der Waals surface area contributed by atoms with E-state index in [1.807, 2.05) is 18.2 Å². The molecule has 1 aliphatic heterocycles. The summed E-state index contributed by atoms with van der Waals surface area (Å²) in [6.45, 7) is 3.84. The number of carbonyl (C=O) groups is 1. The first-order valence-electron chi connectivity index (χ1n) is 7.08. The molecule has 0 atom stereocenters. The molecule has 2 nitrogen and oxygen atoms in total. The van der Waals surface area contributed by atoms with Crippen LogP contribution in [0.15, 0.2) is 23.6 Å². The van der Waals surface area contributed by atoms with Gasteiger partial charge in [0.25, 0.3) is 0 Å². The van der Waals surface area contributed by atoms with Gasteiger partial charge in [0, 0.05) is 13.0 Å². The molecule has 3 heteroatoms. The van der Waals surface area contributed by atoms with Crippen molar-refractivity contribution in [3.8, 4) is 0 Å². The smallest absolute Gasteiger partial charge is 0.151 e. The van der Waals surface area contributed by atoms with Crippen molar-refractivity contribution in [3.63, 3.8) is 0 Å². The molecule has 1 rings (SSSR count). The second-order valence-corrected chi connectivity index (χ2v) is 5.74. The van der Waals surface area contributed by atoms with E-state index in [9.17, 15) is 4.79 Å². The van der Waals surface area contributed by atoms with E-state index in [2.05, 4.69) is 16.6 Å². The van der Waals surface area contributed by atoms with E-state index in [1.165, 1.54) is 38.5 Å². The maximum absolute atomic E-state index is 11.6. The Hall–Kier alpha value is -0.540. The van der Waals surface area contributed by atoms with Crippen molar-refractivity contribution in [1.29, 1.82) is 0 Å². The monoisotopic (exact) mass is 267 g/mol. The lowest BCUT2D eigenvalue weighted by Gasteiger charge is -2.17. The Morgan fingerprint density at radius 1 is 1.17 bits per heavy atom. The van der Waals surface area contributed by atoms with Crippen LogP contribution in [0.1, 0.15) is 51.9 Å². The van der Waals surface area contributed by atoms with Gasteiger partial charge in [-0.05, 0) is 23.8 Å². The van der Waals surface area contributed by atoms with Crippen molar-refractivity contribution in [1.82, 2.24) is 4.31 Å². The fourth-order valence-corrected chi connectivity index (χ4v) is 2.73. The van der Waals surface area contributed by atoms with Gasteiger partial charge >= 0.3 is 0 Å². The van der Waals surface area contributed by atoms with Crippen LogP contribution in [0.4, 0.5) is 0 Å². The molecular weight excluding hydrogens is 242 g/mol. The standard InChI is InChI=1S/C15H25NOS/c1-2-3-4-5-6-9-12-16-14-15(17)11-8-7-10-13-18-16/h7-8,10,13H,2-6,9,11-12,14H2,1H3. The van der Waals surface area contributed by atoms with Gasteiger partial charge in [0.05, 0.1) is 6.54 Å². The number of hydrogen-bond acceptors (Lipinski definition) is 3. The van der Waals surface area contributed by atoms with Gasteiger partial charge in [-0.15, -0.1) is 0 Å². The zero-order valence-electron chi connectivity index (χ0n) is 11.4. The zero-order chi connectivity index (χ0) is 13.1. The summed E-state index contributed by atoms with van der Waals surface area (Å²) in [6, 6.07) is 0. The van der Waals surface area contributed by atoms with E-state index in [1.54, 1.807) is 11.9 Å². The van der Waals surface area contributed by atoms with Crippen LogP contribution in [-0.2, 0) is 4.79 Å². The fourth-order valence-electron chi connectivity index (χ4n) is 1.94. The number of allylic oxidation sites excluding steroid dienone is 3. The molecule has 0 unspecified atom stereocenters.